The van der Waals surface area contributed by atoms with Crippen molar-refractivity contribution in [3.05, 3.63) is 59.7 Å². The van der Waals surface area contributed by atoms with Crippen LogP contribution in [0.1, 0.15) is 37.3 Å². The molecule has 1 N–H and O–H groups in total. The third-order valence-electron chi connectivity index (χ3n) is 5.04. The zero-order valence-corrected chi connectivity index (χ0v) is 16.8. The maximum Gasteiger partial charge on any atom is 0.261 e. The van der Waals surface area contributed by atoms with Gasteiger partial charge in [0.2, 0.25) is 0 Å². The van der Waals surface area contributed by atoms with E-state index in [1.165, 1.54) is 37.9 Å². The second-order valence-corrected chi connectivity index (χ2v) is 7.31. The highest BCUT2D eigenvalue weighted by molar-refractivity contribution is 5.80. The highest BCUT2D eigenvalue weighted by atomic mass is 16.5. The maximum atomic E-state index is 12.4. The molecule has 28 heavy (non-hydrogen) atoms. The molecule has 5 nitrogen and oxygen atoms in total. The van der Waals surface area contributed by atoms with Crippen molar-refractivity contribution in [1.29, 1.82) is 0 Å². The highest BCUT2D eigenvalue weighted by Crippen LogP contribution is 2.20. The average Bonchev–Trinajstić information content (AvgIpc) is 2.73. The summed E-state index contributed by atoms with van der Waals surface area (Å²) < 4.78 is 10.9. The lowest BCUT2D eigenvalue weighted by atomic mass is 10.1. The Hall–Kier alpha value is -2.53. The first-order valence-corrected chi connectivity index (χ1v) is 10.0. The third-order valence-corrected chi connectivity index (χ3v) is 5.04. The number of methoxy groups -OCH3 is 1. The molecular weight excluding hydrogens is 352 g/mol. The molecule has 5 heteroatoms. The van der Waals surface area contributed by atoms with E-state index in [0.29, 0.717) is 18.0 Å². The third kappa shape index (κ3) is 5.99. The summed E-state index contributed by atoms with van der Waals surface area (Å²) in [6, 6.07) is 15.7. The summed E-state index contributed by atoms with van der Waals surface area (Å²) in [5.41, 5.74) is 2.41. The largest absolute Gasteiger partial charge is 0.497 e. The van der Waals surface area contributed by atoms with Crippen molar-refractivity contribution in [3.63, 3.8) is 0 Å². The zero-order chi connectivity index (χ0) is 19.8. The number of hydrogen-bond acceptors (Lipinski definition) is 4. The van der Waals surface area contributed by atoms with Gasteiger partial charge in [-0.2, -0.15) is 0 Å². The van der Waals surface area contributed by atoms with Crippen molar-refractivity contribution < 1.29 is 14.3 Å². The lowest BCUT2D eigenvalue weighted by Gasteiger charge is -2.26. The number of amides is 1. The Labute approximate surface area is 167 Å². The van der Waals surface area contributed by atoms with Crippen molar-refractivity contribution in [2.75, 3.05) is 20.2 Å². The molecule has 1 atom stereocenters. The molecule has 1 saturated heterocycles. The molecule has 0 bridgehead atoms. The minimum atomic E-state index is -0.580. The number of ether oxygens (including phenoxy) is 2. The first kappa shape index (κ1) is 20.2. The van der Waals surface area contributed by atoms with Crippen molar-refractivity contribution in [2.24, 2.45) is 0 Å². The van der Waals surface area contributed by atoms with Crippen molar-refractivity contribution >= 4 is 5.91 Å². The van der Waals surface area contributed by atoms with E-state index in [0.717, 1.165) is 12.1 Å². The van der Waals surface area contributed by atoms with E-state index in [4.69, 9.17) is 9.47 Å². The molecule has 3 rings (SSSR count). The Bertz CT molecular complexity index is 772. The number of carbonyl (C=O) groups is 1. The quantitative estimate of drug-likeness (QED) is 0.755. The van der Waals surface area contributed by atoms with Crippen LogP contribution in [0.25, 0.3) is 0 Å². The monoisotopic (exact) mass is 382 g/mol. The predicted molar refractivity (Wildman–Crippen MR) is 111 cm³/mol. The number of nitrogens with one attached hydrogen (secondary N) is 1. The van der Waals surface area contributed by atoms with E-state index in [2.05, 4.69) is 28.4 Å². The topological polar surface area (TPSA) is 50.8 Å². The zero-order valence-electron chi connectivity index (χ0n) is 16.8. The molecule has 1 aliphatic rings. The maximum absolute atomic E-state index is 12.4. The minimum absolute atomic E-state index is 0.135. The van der Waals surface area contributed by atoms with E-state index in [9.17, 15) is 4.79 Å². The Balaban J connectivity index is 1.50. The van der Waals surface area contributed by atoms with Gasteiger partial charge in [0, 0.05) is 19.2 Å². The highest BCUT2D eigenvalue weighted by Gasteiger charge is 2.15. The fourth-order valence-corrected chi connectivity index (χ4v) is 3.48. The van der Waals surface area contributed by atoms with Crippen LogP contribution in [0.3, 0.4) is 0 Å². The number of benzene rings is 2. The van der Waals surface area contributed by atoms with Gasteiger partial charge in [-0.1, -0.05) is 36.8 Å². The summed E-state index contributed by atoms with van der Waals surface area (Å²) in [5, 5.41) is 2.97. The number of nitrogens with zero attached hydrogens (tertiary/aromatic N) is 1. The Morgan fingerprint density at radius 1 is 1.04 bits per heavy atom. The summed E-state index contributed by atoms with van der Waals surface area (Å²) in [6.45, 7) is 5.59. The summed E-state index contributed by atoms with van der Waals surface area (Å²) >= 11 is 0. The van der Waals surface area contributed by atoms with E-state index < -0.39 is 6.10 Å². The molecule has 1 heterocycles. The second-order valence-electron chi connectivity index (χ2n) is 7.31. The van der Waals surface area contributed by atoms with Crippen LogP contribution in [0.15, 0.2) is 48.5 Å². The van der Waals surface area contributed by atoms with Crippen LogP contribution in [-0.2, 0) is 17.9 Å². The van der Waals surface area contributed by atoms with Crippen LogP contribution in [0.5, 0.6) is 11.5 Å². The van der Waals surface area contributed by atoms with Gasteiger partial charge in [0.15, 0.2) is 6.10 Å². The molecule has 1 amide bonds. The van der Waals surface area contributed by atoms with Gasteiger partial charge in [-0.3, -0.25) is 9.69 Å². The number of rotatable bonds is 8. The SMILES string of the molecule is COc1cccc(O[C@@H](C)C(=O)NCc2cccc(CN3CCCCC3)c2)c1. The first-order chi connectivity index (χ1) is 13.6. The van der Waals surface area contributed by atoms with Gasteiger partial charge in [-0.15, -0.1) is 0 Å². The fraction of sp³-hybridized carbons (Fsp3) is 0.435. The molecular formula is C23H30N2O3. The van der Waals surface area contributed by atoms with Gasteiger partial charge in [-0.05, 0) is 56.1 Å². The van der Waals surface area contributed by atoms with Crippen molar-refractivity contribution in [2.45, 2.75) is 45.4 Å². The van der Waals surface area contributed by atoms with E-state index >= 15 is 0 Å². The molecule has 2 aromatic carbocycles. The van der Waals surface area contributed by atoms with Crippen LogP contribution in [0.4, 0.5) is 0 Å². The number of carbonyl (C=O) groups excluding carboxylic acids is 1. The van der Waals surface area contributed by atoms with Crippen LogP contribution in [0.2, 0.25) is 0 Å². The second kappa shape index (κ2) is 10.1. The molecule has 1 aliphatic heterocycles. The molecule has 2 aromatic rings. The summed E-state index contributed by atoms with van der Waals surface area (Å²) in [5.74, 6) is 1.19. The van der Waals surface area contributed by atoms with Gasteiger partial charge in [0.05, 0.1) is 7.11 Å². The molecule has 150 valence electrons. The van der Waals surface area contributed by atoms with Gasteiger partial charge in [0.25, 0.3) is 5.91 Å². The van der Waals surface area contributed by atoms with E-state index in [1.54, 1.807) is 20.1 Å². The Kier molecular flexibility index (Phi) is 7.31. The normalized spacial score (nSPS) is 15.6. The number of piperidine rings is 1. The van der Waals surface area contributed by atoms with Crippen LogP contribution in [-0.4, -0.2) is 37.1 Å². The summed E-state index contributed by atoms with van der Waals surface area (Å²) in [4.78, 5) is 14.9. The number of likely N-dealkylation sites (tertiary alicyclic amines) is 1. The molecule has 0 aromatic heterocycles. The molecule has 0 saturated carbocycles. The average molecular weight is 383 g/mol. The lowest BCUT2D eigenvalue weighted by molar-refractivity contribution is -0.127. The molecule has 1 fully saturated rings. The minimum Gasteiger partial charge on any atom is -0.497 e. The van der Waals surface area contributed by atoms with Gasteiger partial charge >= 0.3 is 0 Å². The van der Waals surface area contributed by atoms with Gasteiger partial charge in [-0.25, -0.2) is 0 Å². The standard InChI is InChI=1S/C23H30N2O3/c1-18(28-22-11-7-10-21(15-22)27-2)23(26)24-16-19-8-6-9-20(14-19)17-25-12-4-3-5-13-25/h6-11,14-15,18H,3-5,12-13,16-17H2,1-2H3,(H,24,26)/t18-/m0/s1. The first-order valence-electron chi connectivity index (χ1n) is 10.0. The number of hydrogen-bond donors (Lipinski definition) is 1. The predicted octanol–water partition coefficient (Wildman–Crippen LogP) is 3.76. The molecule has 0 aliphatic carbocycles. The summed E-state index contributed by atoms with van der Waals surface area (Å²) in [7, 11) is 1.61. The van der Waals surface area contributed by atoms with Gasteiger partial charge in [0.1, 0.15) is 11.5 Å². The Morgan fingerprint density at radius 3 is 2.54 bits per heavy atom. The lowest BCUT2D eigenvalue weighted by Crippen LogP contribution is -2.36. The van der Waals surface area contributed by atoms with Crippen LogP contribution in [0, 0.1) is 0 Å². The van der Waals surface area contributed by atoms with Crippen molar-refractivity contribution in [3.8, 4) is 11.5 Å². The summed E-state index contributed by atoms with van der Waals surface area (Å²) in [6.07, 6.45) is 3.35. The smallest absolute Gasteiger partial charge is 0.261 e. The molecule has 0 spiro atoms. The fourth-order valence-electron chi connectivity index (χ4n) is 3.48. The molecule has 0 radical (unpaired) electrons. The van der Waals surface area contributed by atoms with Crippen molar-refractivity contribution in [1.82, 2.24) is 10.2 Å². The van der Waals surface area contributed by atoms with E-state index in [-0.39, 0.29) is 5.91 Å². The van der Waals surface area contributed by atoms with Crippen LogP contribution >= 0.6 is 0 Å². The van der Waals surface area contributed by atoms with Crippen LogP contribution < -0.4 is 14.8 Å². The van der Waals surface area contributed by atoms with E-state index in [1.807, 2.05) is 24.3 Å². The van der Waals surface area contributed by atoms with Gasteiger partial charge < -0.3 is 14.8 Å². The molecule has 0 unspecified atom stereocenters. The Morgan fingerprint density at radius 2 is 1.75 bits per heavy atom.